The topological polar surface area (TPSA) is 237 Å². The Labute approximate surface area is 607 Å². The highest BCUT2D eigenvalue weighted by molar-refractivity contribution is 7.47. The molecule has 0 bridgehead atoms. The summed E-state index contributed by atoms with van der Waals surface area (Å²) >= 11 is 0. The highest BCUT2D eigenvalue weighted by atomic mass is 31.2. The smallest absolute Gasteiger partial charge is 0.462 e. The van der Waals surface area contributed by atoms with Crippen molar-refractivity contribution < 1.29 is 80.2 Å². The average Bonchev–Trinajstić information content (AvgIpc) is 1.01. The number of rotatable bonds is 80. The van der Waals surface area contributed by atoms with Crippen molar-refractivity contribution in [2.24, 2.45) is 5.92 Å². The van der Waals surface area contributed by atoms with Gasteiger partial charge < -0.3 is 33.8 Å². The van der Waals surface area contributed by atoms with E-state index in [1.807, 2.05) is 0 Å². The molecule has 0 aliphatic rings. The molecule has 0 saturated carbocycles. The van der Waals surface area contributed by atoms with Crippen LogP contribution < -0.4 is 0 Å². The fourth-order valence-electron chi connectivity index (χ4n) is 12.4. The summed E-state index contributed by atoms with van der Waals surface area (Å²) in [6.07, 6.45) is 63.8. The summed E-state index contributed by atoms with van der Waals surface area (Å²) in [6, 6.07) is 0. The number of carbonyl (C=O) groups excluding carboxylic acids is 4. The molecule has 0 rings (SSSR count). The van der Waals surface area contributed by atoms with E-state index in [-0.39, 0.29) is 25.7 Å². The van der Waals surface area contributed by atoms with E-state index < -0.39 is 97.5 Å². The minimum Gasteiger partial charge on any atom is -0.462 e. The van der Waals surface area contributed by atoms with Gasteiger partial charge in [0.25, 0.3) is 0 Å². The molecule has 0 aromatic heterocycles. The van der Waals surface area contributed by atoms with Crippen molar-refractivity contribution >= 4 is 39.5 Å². The van der Waals surface area contributed by atoms with Crippen LogP contribution in [0.5, 0.6) is 0 Å². The Kier molecular flexibility index (Phi) is 71.6. The number of aliphatic hydroxyl groups is 1. The maximum atomic E-state index is 13.1. The fraction of sp³-hybridized carbons (Fsp3) is 0.950. The Bertz CT molecular complexity index is 1890. The van der Waals surface area contributed by atoms with Crippen LogP contribution in [0, 0.1) is 5.92 Å². The summed E-state index contributed by atoms with van der Waals surface area (Å²) in [7, 11) is -9.91. The third-order valence-corrected chi connectivity index (χ3v) is 20.7. The van der Waals surface area contributed by atoms with Gasteiger partial charge in [0.1, 0.15) is 19.3 Å². The van der Waals surface area contributed by atoms with Gasteiger partial charge in [-0.25, -0.2) is 9.13 Å². The van der Waals surface area contributed by atoms with Crippen LogP contribution >= 0.6 is 15.6 Å². The van der Waals surface area contributed by atoms with Crippen LogP contribution in [0.3, 0.4) is 0 Å². The quantitative estimate of drug-likeness (QED) is 0.0222. The predicted octanol–water partition coefficient (Wildman–Crippen LogP) is 24.0. The van der Waals surface area contributed by atoms with Gasteiger partial charge in [0.2, 0.25) is 0 Å². The number of aliphatic hydroxyl groups excluding tert-OH is 1. The first-order valence-corrected chi connectivity index (χ1v) is 44.6. The minimum absolute atomic E-state index is 0.107. The molecular weight excluding hydrogens is 1290 g/mol. The number of ether oxygens (including phenoxy) is 4. The zero-order valence-corrected chi connectivity index (χ0v) is 66.4. The molecule has 0 radical (unpaired) electrons. The standard InChI is InChI=1S/C80H156O17P2/c1-6-9-12-15-18-21-23-25-27-29-30-31-32-34-36-40-45-50-55-60-65-79(84)97-76(70-91-78(83)64-59-54-49-44-39-35-33-28-26-24-22-19-16-13-10-7-2)72-95-99(88,89)93-68-74(81)67-92-98(86,87)94-71-75(69-90-77(82)63-58-53-48-42-20-17-14-11-8-3)96-80(85)66-61-56-51-46-41-37-38-43-47-52-57-62-73(4)5/h73-76,81H,6-72H2,1-5H3,(H,86,87)(H,88,89)/t74-,75+,76+/m0/s1. The number of hydrogen-bond acceptors (Lipinski definition) is 15. The van der Waals surface area contributed by atoms with Crippen LogP contribution in [0.15, 0.2) is 0 Å². The maximum Gasteiger partial charge on any atom is 0.472 e. The Morgan fingerprint density at radius 1 is 0.273 bits per heavy atom. The zero-order valence-electron chi connectivity index (χ0n) is 64.6. The molecule has 0 spiro atoms. The van der Waals surface area contributed by atoms with Crippen molar-refractivity contribution in [3.63, 3.8) is 0 Å². The van der Waals surface area contributed by atoms with Crippen molar-refractivity contribution in [3.8, 4) is 0 Å². The summed E-state index contributed by atoms with van der Waals surface area (Å²) in [4.78, 5) is 72.9. The highest BCUT2D eigenvalue weighted by Gasteiger charge is 2.30. The van der Waals surface area contributed by atoms with Crippen molar-refractivity contribution in [2.75, 3.05) is 39.6 Å². The molecule has 17 nitrogen and oxygen atoms in total. The lowest BCUT2D eigenvalue weighted by atomic mass is 10.0. The monoisotopic (exact) mass is 1450 g/mol. The van der Waals surface area contributed by atoms with Crippen molar-refractivity contribution in [1.29, 1.82) is 0 Å². The van der Waals surface area contributed by atoms with E-state index >= 15 is 0 Å². The van der Waals surface area contributed by atoms with Crippen LogP contribution in [0.25, 0.3) is 0 Å². The summed E-state index contributed by atoms with van der Waals surface area (Å²) in [5, 5.41) is 10.6. The molecule has 2 unspecified atom stereocenters. The molecule has 5 atom stereocenters. The van der Waals surface area contributed by atoms with Gasteiger partial charge in [0.15, 0.2) is 12.2 Å². The lowest BCUT2D eigenvalue weighted by Crippen LogP contribution is -2.30. The predicted molar refractivity (Wildman–Crippen MR) is 405 cm³/mol. The van der Waals surface area contributed by atoms with Gasteiger partial charge in [-0.3, -0.25) is 37.3 Å². The van der Waals surface area contributed by atoms with E-state index in [0.717, 1.165) is 95.8 Å². The maximum absolute atomic E-state index is 13.1. The zero-order chi connectivity index (χ0) is 72.7. The third-order valence-electron chi connectivity index (χ3n) is 18.8. The molecule has 99 heavy (non-hydrogen) atoms. The molecule has 0 fully saturated rings. The largest absolute Gasteiger partial charge is 0.472 e. The minimum atomic E-state index is -4.96. The van der Waals surface area contributed by atoms with Gasteiger partial charge in [-0.1, -0.05) is 375 Å². The molecule has 0 heterocycles. The van der Waals surface area contributed by atoms with Crippen LogP contribution in [0.1, 0.15) is 426 Å². The van der Waals surface area contributed by atoms with Gasteiger partial charge >= 0.3 is 39.5 Å². The fourth-order valence-corrected chi connectivity index (χ4v) is 14.0. The van der Waals surface area contributed by atoms with Crippen molar-refractivity contribution in [3.05, 3.63) is 0 Å². The number of unbranched alkanes of at least 4 members (excludes halogenated alkanes) is 52. The SMILES string of the molecule is CCCCCCCCCCCCCCCCCCCCCCC(=O)O[C@H](COC(=O)CCCCCCCCCCCCCCCCCC)COP(=O)(O)OC[C@@H](O)COP(=O)(O)OC[C@@H](COC(=O)CCCCCCCCCCC)OC(=O)CCCCCCCCCCCCCC(C)C. The molecular formula is C80H156O17P2. The number of esters is 4. The van der Waals surface area contributed by atoms with Crippen LogP contribution in [0.4, 0.5) is 0 Å². The van der Waals surface area contributed by atoms with Crippen molar-refractivity contribution in [1.82, 2.24) is 0 Å². The molecule has 3 N–H and O–H groups in total. The highest BCUT2D eigenvalue weighted by Crippen LogP contribution is 2.45. The Morgan fingerprint density at radius 2 is 0.465 bits per heavy atom. The first-order valence-electron chi connectivity index (χ1n) is 41.6. The molecule has 0 aliphatic carbocycles. The Morgan fingerprint density at radius 3 is 0.687 bits per heavy atom. The van der Waals surface area contributed by atoms with E-state index in [9.17, 15) is 43.2 Å². The van der Waals surface area contributed by atoms with Gasteiger partial charge in [-0.15, -0.1) is 0 Å². The molecule has 19 heteroatoms. The van der Waals surface area contributed by atoms with E-state index in [2.05, 4.69) is 34.6 Å². The number of carbonyl (C=O) groups is 4. The van der Waals surface area contributed by atoms with E-state index in [4.69, 9.17) is 37.0 Å². The van der Waals surface area contributed by atoms with Crippen LogP contribution in [-0.2, 0) is 65.4 Å². The normalized spacial score (nSPS) is 13.9. The molecule has 0 aromatic rings. The van der Waals surface area contributed by atoms with Crippen LogP contribution in [0.2, 0.25) is 0 Å². The van der Waals surface area contributed by atoms with Gasteiger partial charge in [0.05, 0.1) is 26.4 Å². The second-order valence-corrected chi connectivity index (χ2v) is 32.2. The molecule has 0 saturated heterocycles. The second-order valence-electron chi connectivity index (χ2n) is 29.3. The third kappa shape index (κ3) is 74.1. The van der Waals surface area contributed by atoms with Gasteiger partial charge in [-0.05, 0) is 31.6 Å². The molecule has 588 valence electrons. The lowest BCUT2D eigenvalue weighted by Gasteiger charge is -2.21. The summed E-state index contributed by atoms with van der Waals surface area (Å²) in [5.41, 5.74) is 0. The summed E-state index contributed by atoms with van der Waals surface area (Å²) in [5.74, 6) is -1.34. The summed E-state index contributed by atoms with van der Waals surface area (Å²) in [6.45, 7) is 7.31. The van der Waals surface area contributed by atoms with Gasteiger partial charge in [0, 0.05) is 25.7 Å². The van der Waals surface area contributed by atoms with Crippen LogP contribution in [-0.4, -0.2) is 96.7 Å². The first kappa shape index (κ1) is 97.1. The first-order chi connectivity index (χ1) is 48.0. The van der Waals surface area contributed by atoms with Gasteiger partial charge in [-0.2, -0.15) is 0 Å². The molecule has 0 aliphatic heterocycles. The molecule has 0 amide bonds. The number of phosphoric acid groups is 2. The van der Waals surface area contributed by atoms with Crippen molar-refractivity contribution in [2.45, 2.75) is 445 Å². The van der Waals surface area contributed by atoms with E-state index in [1.165, 1.54) is 250 Å². The summed E-state index contributed by atoms with van der Waals surface area (Å²) < 4.78 is 68.6. The van der Waals surface area contributed by atoms with E-state index in [0.29, 0.717) is 25.7 Å². The number of phosphoric ester groups is 2. The second kappa shape index (κ2) is 73.0. The van der Waals surface area contributed by atoms with E-state index in [1.54, 1.807) is 0 Å². The number of hydrogen-bond donors (Lipinski definition) is 3. The molecule has 0 aromatic carbocycles. The average molecular weight is 1450 g/mol. The Balaban J connectivity index is 5.21. The lowest BCUT2D eigenvalue weighted by molar-refractivity contribution is -0.161. The Hall–Kier alpha value is -1.94.